The molecule has 1 unspecified atom stereocenters. The molecule has 106 valence electrons. The number of likely N-dealkylation sites (N-methyl/N-ethyl adjacent to an activating group) is 1. The van der Waals surface area contributed by atoms with Gasteiger partial charge in [0, 0.05) is 30.1 Å². The molecule has 1 fully saturated rings. The fraction of sp³-hybridized carbons (Fsp3) is 0.933. The number of hydrogen-bond acceptors (Lipinski definition) is 2. The highest BCUT2D eigenvalue weighted by Gasteiger charge is 2.34. The lowest BCUT2D eigenvalue weighted by molar-refractivity contribution is -0.142. The number of likely N-dealkylation sites (tertiary alicyclic amines) is 1. The molecule has 0 spiro atoms. The molecule has 0 aliphatic carbocycles. The van der Waals surface area contributed by atoms with E-state index in [1.54, 1.807) is 0 Å². The lowest BCUT2D eigenvalue weighted by Gasteiger charge is -2.44. The number of amides is 1. The van der Waals surface area contributed by atoms with E-state index < -0.39 is 0 Å². The van der Waals surface area contributed by atoms with Crippen LogP contribution in [0.3, 0.4) is 0 Å². The molecule has 3 nitrogen and oxygen atoms in total. The summed E-state index contributed by atoms with van der Waals surface area (Å²) in [7, 11) is 2.18. The standard InChI is InChI=1S/C15H30N2O/c1-14(2,3)13(18)17-10-8-9-12(11-17)16(7)15(4,5)6/h12H,8-11H2,1-7H3. The van der Waals surface area contributed by atoms with Gasteiger partial charge in [0.2, 0.25) is 5.91 Å². The van der Waals surface area contributed by atoms with Crippen molar-refractivity contribution in [2.24, 2.45) is 5.41 Å². The third-order valence-electron chi connectivity index (χ3n) is 3.93. The predicted octanol–water partition coefficient (Wildman–Crippen LogP) is 2.75. The van der Waals surface area contributed by atoms with Crippen LogP contribution in [0.5, 0.6) is 0 Å². The van der Waals surface area contributed by atoms with Crippen molar-refractivity contribution in [3.05, 3.63) is 0 Å². The van der Waals surface area contributed by atoms with Crippen molar-refractivity contribution >= 4 is 5.91 Å². The summed E-state index contributed by atoms with van der Waals surface area (Å²) in [6.45, 7) is 14.5. The number of carbonyl (C=O) groups is 1. The van der Waals surface area contributed by atoms with Gasteiger partial charge in [-0.3, -0.25) is 9.69 Å². The minimum absolute atomic E-state index is 0.165. The molecule has 18 heavy (non-hydrogen) atoms. The van der Waals surface area contributed by atoms with E-state index in [-0.39, 0.29) is 16.9 Å². The van der Waals surface area contributed by atoms with E-state index in [0.717, 1.165) is 19.5 Å². The van der Waals surface area contributed by atoms with Crippen LogP contribution < -0.4 is 0 Å². The normalized spacial score (nSPS) is 22.4. The summed E-state index contributed by atoms with van der Waals surface area (Å²) in [5.41, 5.74) is -0.0966. The molecule has 0 aromatic heterocycles. The summed E-state index contributed by atoms with van der Waals surface area (Å²) < 4.78 is 0. The average molecular weight is 254 g/mol. The van der Waals surface area contributed by atoms with Crippen molar-refractivity contribution in [2.45, 2.75) is 66.0 Å². The topological polar surface area (TPSA) is 23.6 Å². The van der Waals surface area contributed by atoms with Gasteiger partial charge in [0.15, 0.2) is 0 Å². The molecule has 1 aliphatic rings. The Balaban J connectivity index is 2.70. The van der Waals surface area contributed by atoms with Gasteiger partial charge >= 0.3 is 0 Å². The van der Waals surface area contributed by atoms with Crippen molar-refractivity contribution in [1.82, 2.24) is 9.80 Å². The molecular formula is C15H30N2O. The molecule has 0 aromatic carbocycles. The van der Waals surface area contributed by atoms with E-state index in [1.807, 2.05) is 20.8 Å². The zero-order valence-electron chi connectivity index (χ0n) is 13.2. The molecular weight excluding hydrogens is 224 g/mol. The number of piperidine rings is 1. The summed E-state index contributed by atoms with van der Waals surface area (Å²) >= 11 is 0. The first kappa shape index (κ1) is 15.5. The Morgan fingerprint density at radius 1 is 1.17 bits per heavy atom. The number of rotatable bonds is 1. The second-order valence-electron chi connectivity index (χ2n) is 7.58. The Bertz CT molecular complexity index is 299. The Hall–Kier alpha value is -0.570. The van der Waals surface area contributed by atoms with Gasteiger partial charge in [-0.05, 0) is 40.7 Å². The average Bonchev–Trinajstić information content (AvgIpc) is 2.24. The predicted molar refractivity (Wildman–Crippen MR) is 76.6 cm³/mol. The van der Waals surface area contributed by atoms with Crippen LogP contribution in [-0.4, -0.2) is 47.4 Å². The Morgan fingerprint density at radius 2 is 1.72 bits per heavy atom. The highest BCUT2D eigenvalue weighted by Crippen LogP contribution is 2.25. The smallest absolute Gasteiger partial charge is 0.227 e. The maximum Gasteiger partial charge on any atom is 0.227 e. The summed E-state index contributed by atoms with van der Waals surface area (Å²) in [4.78, 5) is 16.8. The monoisotopic (exact) mass is 254 g/mol. The SMILES string of the molecule is CN(C1CCCN(C(=O)C(C)(C)C)C1)C(C)(C)C. The van der Waals surface area contributed by atoms with Gasteiger partial charge in [0.25, 0.3) is 0 Å². The zero-order valence-corrected chi connectivity index (χ0v) is 13.2. The Kier molecular flexibility index (Phi) is 4.47. The number of nitrogens with zero attached hydrogens (tertiary/aromatic N) is 2. The van der Waals surface area contributed by atoms with E-state index >= 15 is 0 Å². The number of hydrogen-bond donors (Lipinski definition) is 0. The molecule has 1 atom stereocenters. The molecule has 0 saturated carbocycles. The summed E-state index contributed by atoms with van der Waals surface area (Å²) in [5.74, 6) is 0.287. The maximum absolute atomic E-state index is 12.3. The molecule has 1 saturated heterocycles. The van der Waals surface area contributed by atoms with Gasteiger partial charge in [0.1, 0.15) is 0 Å². The molecule has 0 radical (unpaired) electrons. The first-order chi connectivity index (χ1) is 8.03. The molecule has 1 heterocycles. The molecule has 1 rings (SSSR count). The zero-order chi connectivity index (χ0) is 14.1. The van der Waals surface area contributed by atoms with E-state index in [2.05, 4.69) is 37.6 Å². The van der Waals surface area contributed by atoms with Crippen molar-refractivity contribution in [3.63, 3.8) is 0 Å². The first-order valence-electron chi connectivity index (χ1n) is 7.06. The summed E-state index contributed by atoms with van der Waals surface area (Å²) in [6.07, 6.45) is 2.31. The molecule has 0 aromatic rings. The lowest BCUT2D eigenvalue weighted by Crippen LogP contribution is -2.55. The van der Waals surface area contributed by atoms with Crippen molar-refractivity contribution < 1.29 is 4.79 Å². The summed E-state index contributed by atoms with van der Waals surface area (Å²) in [6, 6.07) is 0.491. The van der Waals surface area contributed by atoms with Crippen LogP contribution in [0.2, 0.25) is 0 Å². The van der Waals surface area contributed by atoms with Crippen LogP contribution in [0.1, 0.15) is 54.4 Å². The van der Waals surface area contributed by atoms with E-state index in [0.29, 0.717) is 6.04 Å². The van der Waals surface area contributed by atoms with Crippen LogP contribution in [0.25, 0.3) is 0 Å². The highest BCUT2D eigenvalue weighted by molar-refractivity contribution is 5.81. The van der Waals surface area contributed by atoms with Crippen LogP contribution in [0.4, 0.5) is 0 Å². The maximum atomic E-state index is 12.3. The van der Waals surface area contributed by atoms with Crippen LogP contribution >= 0.6 is 0 Å². The molecule has 3 heteroatoms. The molecule has 0 bridgehead atoms. The fourth-order valence-corrected chi connectivity index (χ4v) is 2.48. The third-order valence-corrected chi connectivity index (χ3v) is 3.93. The Morgan fingerprint density at radius 3 is 2.17 bits per heavy atom. The Labute approximate surface area is 113 Å². The molecule has 0 N–H and O–H groups in total. The van der Waals surface area contributed by atoms with E-state index in [4.69, 9.17) is 0 Å². The lowest BCUT2D eigenvalue weighted by atomic mass is 9.92. The minimum Gasteiger partial charge on any atom is -0.341 e. The second-order valence-corrected chi connectivity index (χ2v) is 7.58. The van der Waals surface area contributed by atoms with Crippen LogP contribution in [-0.2, 0) is 4.79 Å². The molecule has 1 aliphatic heterocycles. The largest absolute Gasteiger partial charge is 0.341 e. The van der Waals surface area contributed by atoms with Gasteiger partial charge in [-0.2, -0.15) is 0 Å². The highest BCUT2D eigenvalue weighted by atomic mass is 16.2. The fourth-order valence-electron chi connectivity index (χ4n) is 2.48. The molecule has 1 amide bonds. The van der Waals surface area contributed by atoms with E-state index in [1.165, 1.54) is 6.42 Å². The van der Waals surface area contributed by atoms with Crippen LogP contribution in [0, 0.1) is 5.41 Å². The first-order valence-corrected chi connectivity index (χ1v) is 7.06. The van der Waals surface area contributed by atoms with E-state index in [9.17, 15) is 4.79 Å². The quantitative estimate of drug-likeness (QED) is 0.718. The van der Waals surface area contributed by atoms with Gasteiger partial charge in [-0.15, -0.1) is 0 Å². The minimum atomic E-state index is -0.262. The van der Waals surface area contributed by atoms with Gasteiger partial charge < -0.3 is 4.90 Å². The van der Waals surface area contributed by atoms with Crippen molar-refractivity contribution in [3.8, 4) is 0 Å². The van der Waals surface area contributed by atoms with Crippen molar-refractivity contribution in [1.29, 1.82) is 0 Å². The van der Waals surface area contributed by atoms with Gasteiger partial charge in [0.05, 0.1) is 0 Å². The summed E-state index contributed by atoms with van der Waals surface area (Å²) in [5, 5.41) is 0. The van der Waals surface area contributed by atoms with Crippen LogP contribution in [0.15, 0.2) is 0 Å². The van der Waals surface area contributed by atoms with Gasteiger partial charge in [-0.25, -0.2) is 0 Å². The second kappa shape index (κ2) is 5.20. The van der Waals surface area contributed by atoms with Crippen molar-refractivity contribution in [2.75, 3.05) is 20.1 Å². The third kappa shape index (κ3) is 3.71. The number of carbonyl (C=O) groups excluding carboxylic acids is 1. The van der Waals surface area contributed by atoms with Gasteiger partial charge in [-0.1, -0.05) is 20.8 Å².